The number of phenols is 1. The molecule has 1 fully saturated rings. The zero-order valence-corrected chi connectivity index (χ0v) is 14.2. The van der Waals surface area contributed by atoms with Crippen molar-refractivity contribution in [1.82, 2.24) is 0 Å². The fourth-order valence-corrected chi connectivity index (χ4v) is 3.10. The molecular formula is C20H25N2O2+. The summed E-state index contributed by atoms with van der Waals surface area (Å²) in [6.07, 6.45) is 4.38. The molecule has 4 heteroatoms. The molecule has 0 amide bonds. The lowest BCUT2D eigenvalue weighted by molar-refractivity contribution is -0.901. The van der Waals surface area contributed by atoms with Crippen LogP contribution in [-0.2, 0) is 6.54 Å². The summed E-state index contributed by atoms with van der Waals surface area (Å²) >= 11 is 0. The van der Waals surface area contributed by atoms with Crippen LogP contribution in [0, 0.1) is 0 Å². The molecule has 1 aliphatic rings. The summed E-state index contributed by atoms with van der Waals surface area (Å²) in [6.45, 7) is 6.09. The predicted molar refractivity (Wildman–Crippen MR) is 96.6 cm³/mol. The molecule has 0 spiro atoms. The van der Waals surface area contributed by atoms with Gasteiger partial charge in [-0.3, -0.25) is 4.99 Å². The summed E-state index contributed by atoms with van der Waals surface area (Å²) in [4.78, 5) is 6.13. The minimum atomic E-state index is 0.136. The standard InChI is InChI=1S/C20H24N2O2/c1-2-24-19-7-5-6-17(20(19)23)14-21-18-10-8-16(9-11-18)15-22-12-3-4-13-22/h5-11,14,23H,2-4,12-13,15H2,1H3/p+1. The number of nitrogens with zero attached hydrogens (tertiary/aromatic N) is 1. The Morgan fingerprint density at radius 2 is 1.88 bits per heavy atom. The summed E-state index contributed by atoms with van der Waals surface area (Å²) in [6, 6.07) is 13.8. The number of hydrogen-bond acceptors (Lipinski definition) is 3. The van der Waals surface area contributed by atoms with Crippen LogP contribution in [0.25, 0.3) is 0 Å². The second kappa shape index (κ2) is 7.97. The topological polar surface area (TPSA) is 46.3 Å². The zero-order chi connectivity index (χ0) is 16.8. The molecule has 1 aliphatic heterocycles. The van der Waals surface area contributed by atoms with Crippen LogP contribution in [0.2, 0.25) is 0 Å². The van der Waals surface area contributed by atoms with Gasteiger partial charge in [0.05, 0.1) is 25.4 Å². The number of benzene rings is 2. The van der Waals surface area contributed by atoms with Crippen molar-refractivity contribution in [3.8, 4) is 11.5 Å². The normalized spacial score (nSPS) is 15.2. The number of ether oxygens (including phenoxy) is 1. The smallest absolute Gasteiger partial charge is 0.166 e. The molecule has 126 valence electrons. The van der Waals surface area contributed by atoms with Crippen molar-refractivity contribution in [2.45, 2.75) is 26.3 Å². The van der Waals surface area contributed by atoms with E-state index in [0.717, 1.165) is 12.2 Å². The van der Waals surface area contributed by atoms with Gasteiger partial charge < -0.3 is 14.7 Å². The average molecular weight is 325 g/mol. The number of nitrogens with one attached hydrogen (secondary N) is 1. The number of phenolic OH excluding ortho intramolecular Hbond substituents is 1. The Bertz CT molecular complexity index is 689. The first kappa shape index (κ1) is 16.5. The third-order valence-electron chi connectivity index (χ3n) is 4.38. The third-order valence-corrected chi connectivity index (χ3v) is 4.38. The molecule has 0 atom stereocenters. The van der Waals surface area contributed by atoms with E-state index in [-0.39, 0.29) is 5.75 Å². The van der Waals surface area contributed by atoms with Crippen LogP contribution >= 0.6 is 0 Å². The van der Waals surface area contributed by atoms with Gasteiger partial charge in [-0.2, -0.15) is 0 Å². The maximum atomic E-state index is 10.2. The van der Waals surface area contributed by atoms with Crippen molar-refractivity contribution in [3.63, 3.8) is 0 Å². The van der Waals surface area contributed by atoms with Gasteiger partial charge in [0.1, 0.15) is 6.54 Å². The van der Waals surface area contributed by atoms with Crippen LogP contribution < -0.4 is 9.64 Å². The zero-order valence-electron chi connectivity index (χ0n) is 14.2. The van der Waals surface area contributed by atoms with Gasteiger partial charge in [-0.1, -0.05) is 18.2 Å². The van der Waals surface area contributed by atoms with Crippen molar-refractivity contribution in [3.05, 3.63) is 53.6 Å². The molecule has 24 heavy (non-hydrogen) atoms. The van der Waals surface area contributed by atoms with Gasteiger partial charge in [-0.25, -0.2) is 0 Å². The maximum Gasteiger partial charge on any atom is 0.166 e. The summed E-state index contributed by atoms with van der Waals surface area (Å²) in [5.41, 5.74) is 2.90. The summed E-state index contributed by atoms with van der Waals surface area (Å²) < 4.78 is 5.39. The molecule has 3 rings (SSSR count). The van der Waals surface area contributed by atoms with Gasteiger partial charge in [-0.05, 0) is 31.2 Å². The van der Waals surface area contributed by atoms with Crippen molar-refractivity contribution >= 4 is 11.9 Å². The number of rotatable bonds is 6. The molecule has 2 aromatic carbocycles. The van der Waals surface area contributed by atoms with Gasteiger partial charge in [0.15, 0.2) is 11.5 Å². The largest absolute Gasteiger partial charge is 0.504 e. The monoisotopic (exact) mass is 325 g/mol. The lowest BCUT2D eigenvalue weighted by Crippen LogP contribution is -3.08. The van der Waals surface area contributed by atoms with Gasteiger partial charge >= 0.3 is 0 Å². The van der Waals surface area contributed by atoms with E-state index >= 15 is 0 Å². The first-order valence-corrected chi connectivity index (χ1v) is 8.67. The molecule has 1 heterocycles. The van der Waals surface area contributed by atoms with E-state index in [9.17, 15) is 5.11 Å². The average Bonchev–Trinajstić information content (AvgIpc) is 3.10. The van der Waals surface area contributed by atoms with Crippen LogP contribution in [0.5, 0.6) is 11.5 Å². The van der Waals surface area contributed by atoms with Gasteiger partial charge in [0.25, 0.3) is 0 Å². The number of hydrogen-bond donors (Lipinski definition) is 2. The molecule has 0 bridgehead atoms. The third kappa shape index (κ3) is 4.15. The van der Waals surface area contributed by atoms with Crippen LogP contribution in [0.15, 0.2) is 47.5 Å². The number of quaternary nitrogens is 1. The Labute approximate surface area is 143 Å². The lowest BCUT2D eigenvalue weighted by atomic mass is 10.2. The maximum absolute atomic E-state index is 10.2. The fourth-order valence-electron chi connectivity index (χ4n) is 3.10. The Kier molecular flexibility index (Phi) is 5.49. The van der Waals surface area contributed by atoms with Gasteiger partial charge in [-0.15, -0.1) is 0 Å². The fraction of sp³-hybridized carbons (Fsp3) is 0.350. The highest BCUT2D eigenvalue weighted by Crippen LogP contribution is 2.29. The van der Waals surface area contributed by atoms with Crippen molar-refractivity contribution in [2.75, 3.05) is 19.7 Å². The van der Waals surface area contributed by atoms with E-state index in [4.69, 9.17) is 4.74 Å². The molecule has 0 unspecified atom stereocenters. The second-order valence-corrected chi connectivity index (χ2v) is 6.19. The highest BCUT2D eigenvalue weighted by Gasteiger charge is 2.15. The number of likely N-dealkylation sites (tertiary alicyclic amines) is 1. The van der Waals surface area contributed by atoms with E-state index in [1.165, 1.54) is 31.5 Å². The molecule has 0 aromatic heterocycles. The predicted octanol–water partition coefficient (Wildman–Crippen LogP) is 2.72. The summed E-state index contributed by atoms with van der Waals surface area (Å²) in [5, 5.41) is 10.2. The van der Waals surface area contributed by atoms with E-state index in [1.807, 2.05) is 31.2 Å². The second-order valence-electron chi connectivity index (χ2n) is 6.19. The van der Waals surface area contributed by atoms with Crippen LogP contribution in [-0.4, -0.2) is 31.0 Å². The molecule has 4 nitrogen and oxygen atoms in total. The minimum Gasteiger partial charge on any atom is -0.504 e. The molecular weight excluding hydrogens is 300 g/mol. The van der Waals surface area contributed by atoms with E-state index in [0.29, 0.717) is 17.9 Å². The highest BCUT2D eigenvalue weighted by molar-refractivity contribution is 5.86. The highest BCUT2D eigenvalue weighted by atomic mass is 16.5. The quantitative estimate of drug-likeness (QED) is 0.802. The summed E-state index contributed by atoms with van der Waals surface area (Å²) in [5.74, 6) is 0.628. The Morgan fingerprint density at radius 1 is 1.12 bits per heavy atom. The first-order chi connectivity index (χ1) is 11.8. The van der Waals surface area contributed by atoms with Crippen LogP contribution in [0.3, 0.4) is 0 Å². The van der Waals surface area contributed by atoms with E-state index < -0.39 is 0 Å². The molecule has 0 radical (unpaired) electrons. The van der Waals surface area contributed by atoms with Crippen molar-refractivity contribution in [2.24, 2.45) is 4.99 Å². The van der Waals surface area contributed by atoms with Crippen LogP contribution in [0.4, 0.5) is 5.69 Å². The molecule has 2 N–H and O–H groups in total. The first-order valence-electron chi connectivity index (χ1n) is 8.67. The Hall–Kier alpha value is -2.33. The van der Waals surface area contributed by atoms with Gasteiger partial charge in [0.2, 0.25) is 0 Å². The van der Waals surface area contributed by atoms with Crippen molar-refractivity contribution in [1.29, 1.82) is 0 Å². The van der Waals surface area contributed by atoms with Gasteiger partial charge in [0, 0.05) is 30.2 Å². The SMILES string of the molecule is CCOc1cccc(C=Nc2ccc(C[NH+]3CCCC3)cc2)c1O. The Morgan fingerprint density at radius 3 is 2.58 bits per heavy atom. The van der Waals surface area contributed by atoms with E-state index in [2.05, 4.69) is 17.1 Å². The minimum absolute atomic E-state index is 0.136. The molecule has 1 saturated heterocycles. The molecule has 0 aliphatic carbocycles. The summed E-state index contributed by atoms with van der Waals surface area (Å²) in [7, 11) is 0. The van der Waals surface area contributed by atoms with E-state index in [1.54, 1.807) is 17.2 Å². The molecule has 2 aromatic rings. The number of aromatic hydroxyl groups is 1. The lowest BCUT2D eigenvalue weighted by Gasteiger charge is -2.11. The molecule has 0 saturated carbocycles. The Balaban J connectivity index is 1.67. The van der Waals surface area contributed by atoms with Crippen molar-refractivity contribution < 1.29 is 14.7 Å². The van der Waals surface area contributed by atoms with Crippen LogP contribution in [0.1, 0.15) is 30.9 Å². The number of aliphatic imine (C=N–C) groups is 1. The number of para-hydroxylation sites is 1.